The number of Topliss-reactive ketones (excluding diaryl/α,β-unsaturated/α-hetero) is 1. The number of hydrogen-bond acceptors (Lipinski definition) is 1. The summed E-state index contributed by atoms with van der Waals surface area (Å²) < 4.78 is 28.0. The number of aryl methyl sites for hydroxylation is 1. The van der Waals surface area contributed by atoms with E-state index in [4.69, 9.17) is 0 Å². The van der Waals surface area contributed by atoms with Crippen LogP contribution in [0, 0.1) is 11.6 Å². The van der Waals surface area contributed by atoms with Crippen LogP contribution in [-0.2, 0) is 6.42 Å². The Hall–Kier alpha value is -2.03. The van der Waals surface area contributed by atoms with Crippen LogP contribution in [0.25, 0.3) is 11.1 Å². The monoisotopic (exact) mass is 274 g/mol. The van der Waals surface area contributed by atoms with Crippen LogP contribution in [0.15, 0.2) is 36.4 Å². The predicted octanol–water partition coefficient (Wildman–Crippen LogP) is 4.79. The molecule has 20 heavy (non-hydrogen) atoms. The smallest absolute Gasteiger partial charge is 0.166 e. The zero-order valence-corrected chi connectivity index (χ0v) is 11.5. The van der Waals surface area contributed by atoms with Crippen LogP contribution in [0.3, 0.4) is 0 Å². The van der Waals surface area contributed by atoms with Gasteiger partial charge < -0.3 is 0 Å². The molecule has 0 N–H and O–H groups in total. The minimum atomic E-state index is -0.827. The highest BCUT2D eigenvalue weighted by atomic mass is 19.2. The molecule has 0 fully saturated rings. The Labute approximate surface area is 117 Å². The van der Waals surface area contributed by atoms with Gasteiger partial charge in [0.05, 0.1) is 0 Å². The second-order valence-electron chi connectivity index (χ2n) is 4.78. The number of ketones is 1. The van der Waals surface area contributed by atoms with Crippen molar-refractivity contribution in [2.45, 2.75) is 26.7 Å². The van der Waals surface area contributed by atoms with Gasteiger partial charge in [-0.05, 0) is 24.5 Å². The van der Waals surface area contributed by atoms with Gasteiger partial charge in [0.2, 0.25) is 0 Å². The van der Waals surface area contributed by atoms with Crippen molar-refractivity contribution in [3.05, 3.63) is 59.2 Å². The maximum absolute atomic E-state index is 14.1. The molecule has 0 saturated heterocycles. The summed E-state index contributed by atoms with van der Waals surface area (Å²) in [5.41, 5.74) is 1.73. The average Bonchev–Trinajstić information content (AvgIpc) is 2.44. The minimum Gasteiger partial charge on any atom is -0.295 e. The zero-order valence-electron chi connectivity index (χ0n) is 11.5. The molecule has 2 rings (SSSR count). The van der Waals surface area contributed by atoms with Crippen LogP contribution in [0.5, 0.6) is 0 Å². The molecule has 0 bridgehead atoms. The molecule has 0 aliphatic carbocycles. The van der Waals surface area contributed by atoms with Crippen LogP contribution in [-0.4, -0.2) is 5.78 Å². The first-order valence-electron chi connectivity index (χ1n) is 6.62. The summed E-state index contributed by atoms with van der Waals surface area (Å²) in [5, 5.41) is 0. The normalized spacial score (nSPS) is 10.6. The molecule has 0 saturated carbocycles. The van der Waals surface area contributed by atoms with E-state index < -0.39 is 11.6 Å². The first-order valence-corrected chi connectivity index (χ1v) is 6.62. The zero-order chi connectivity index (χ0) is 14.7. The van der Waals surface area contributed by atoms with Crippen molar-refractivity contribution < 1.29 is 13.6 Å². The Morgan fingerprint density at radius 3 is 2.20 bits per heavy atom. The molecule has 1 nitrogen and oxygen atoms in total. The first-order chi connectivity index (χ1) is 9.54. The molecule has 2 aromatic rings. The van der Waals surface area contributed by atoms with Gasteiger partial charge in [-0.2, -0.15) is 0 Å². The Bertz CT molecular complexity index is 630. The fourth-order valence-electron chi connectivity index (χ4n) is 2.16. The third kappa shape index (κ3) is 2.77. The second kappa shape index (κ2) is 5.95. The quantitative estimate of drug-likeness (QED) is 0.733. The largest absolute Gasteiger partial charge is 0.295 e. The lowest BCUT2D eigenvalue weighted by atomic mass is 9.99. The lowest BCUT2D eigenvalue weighted by Crippen LogP contribution is -1.97. The van der Waals surface area contributed by atoms with Gasteiger partial charge in [-0.3, -0.25) is 4.79 Å². The number of carbonyl (C=O) groups excluding carboxylic acids is 1. The third-order valence-corrected chi connectivity index (χ3v) is 3.28. The highest BCUT2D eigenvalue weighted by Crippen LogP contribution is 2.27. The van der Waals surface area contributed by atoms with E-state index in [1.54, 1.807) is 36.4 Å². The maximum atomic E-state index is 14.1. The molecule has 2 aromatic carbocycles. The Balaban J connectivity index is 2.42. The number of hydrogen-bond donors (Lipinski definition) is 0. The predicted molar refractivity (Wildman–Crippen MR) is 75.8 cm³/mol. The van der Waals surface area contributed by atoms with E-state index in [1.165, 1.54) is 6.92 Å². The van der Waals surface area contributed by atoms with E-state index in [1.807, 2.05) is 6.92 Å². The molecule has 0 radical (unpaired) electrons. The summed E-state index contributed by atoms with van der Waals surface area (Å²) in [7, 11) is 0. The summed E-state index contributed by atoms with van der Waals surface area (Å²) >= 11 is 0. The van der Waals surface area contributed by atoms with Gasteiger partial charge >= 0.3 is 0 Å². The number of halogens is 2. The highest BCUT2D eigenvalue weighted by molar-refractivity contribution is 5.94. The molecular formula is C17H16F2O. The number of rotatable bonds is 4. The van der Waals surface area contributed by atoms with E-state index in [2.05, 4.69) is 0 Å². The summed E-state index contributed by atoms with van der Waals surface area (Å²) in [4.78, 5) is 11.2. The molecule has 0 amide bonds. The first kappa shape index (κ1) is 14.4. The molecule has 0 heterocycles. The SMILES string of the molecule is CCCc1ccc(-c2ccc(C(C)=O)cc2)c(F)c1F. The van der Waals surface area contributed by atoms with E-state index in [-0.39, 0.29) is 11.3 Å². The molecule has 0 unspecified atom stereocenters. The molecule has 0 aliphatic rings. The van der Waals surface area contributed by atoms with Gasteiger partial charge in [0.15, 0.2) is 17.4 Å². The van der Waals surface area contributed by atoms with Crippen molar-refractivity contribution in [2.24, 2.45) is 0 Å². The molecule has 0 aliphatic heterocycles. The van der Waals surface area contributed by atoms with Gasteiger partial charge in [-0.25, -0.2) is 8.78 Å². The summed E-state index contributed by atoms with van der Waals surface area (Å²) in [6.07, 6.45) is 1.29. The lowest BCUT2D eigenvalue weighted by Gasteiger charge is -2.08. The summed E-state index contributed by atoms with van der Waals surface area (Å²) in [5.74, 6) is -1.66. The maximum Gasteiger partial charge on any atom is 0.166 e. The van der Waals surface area contributed by atoms with Crippen molar-refractivity contribution in [1.29, 1.82) is 0 Å². The summed E-state index contributed by atoms with van der Waals surface area (Å²) in [6.45, 7) is 3.39. The van der Waals surface area contributed by atoms with Gasteiger partial charge in [0.25, 0.3) is 0 Å². The van der Waals surface area contributed by atoms with Gasteiger partial charge in [-0.1, -0.05) is 49.7 Å². The van der Waals surface area contributed by atoms with Crippen molar-refractivity contribution in [3.8, 4) is 11.1 Å². The minimum absolute atomic E-state index is 0.0542. The fourth-order valence-corrected chi connectivity index (χ4v) is 2.16. The van der Waals surface area contributed by atoms with Crippen molar-refractivity contribution in [1.82, 2.24) is 0 Å². The molecule has 0 spiro atoms. The number of carbonyl (C=O) groups is 1. The molecule has 0 aromatic heterocycles. The van der Waals surface area contributed by atoms with Crippen molar-refractivity contribution >= 4 is 5.78 Å². The standard InChI is InChI=1S/C17H16F2O/c1-3-4-14-9-10-15(17(19)16(14)18)13-7-5-12(6-8-13)11(2)20/h5-10H,3-4H2,1-2H3. The summed E-state index contributed by atoms with van der Waals surface area (Å²) in [6, 6.07) is 9.72. The second-order valence-corrected chi connectivity index (χ2v) is 4.78. The van der Waals surface area contributed by atoms with Gasteiger partial charge in [-0.15, -0.1) is 0 Å². The van der Waals surface area contributed by atoms with Crippen LogP contribution < -0.4 is 0 Å². The lowest BCUT2D eigenvalue weighted by molar-refractivity contribution is 0.101. The fraction of sp³-hybridized carbons (Fsp3) is 0.235. The van der Waals surface area contributed by atoms with Crippen molar-refractivity contribution in [2.75, 3.05) is 0 Å². The van der Waals surface area contributed by atoms with E-state index in [0.717, 1.165) is 6.42 Å². The van der Waals surface area contributed by atoms with Gasteiger partial charge in [0.1, 0.15) is 0 Å². The Morgan fingerprint density at radius 2 is 1.65 bits per heavy atom. The third-order valence-electron chi connectivity index (χ3n) is 3.28. The molecule has 3 heteroatoms. The topological polar surface area (TPSA) is 17.1 Å². The Kier molecular flexibility index (Phi) is 4.28. The molecule has 0 atom stereocenters. The van der Waals surface area contributed by atoms with E-state index in [9.17, 15) is 13.6 Å². The number of benzene rings is 2. The highest BCUT2D eigenvalue weighted by Gasteiger charge is 2.14. The van der Waals surface area contributed by atoms with E-state index in [0.29, 0.717) is 23.1 Å². The van der Waals surface area contributed by atoms with Crippen LogP contribution >= 0.6 is 0 Å². The van der Waals surface area contributed by atoms with Crippen molar-refractivity contribution in [3.63, 3.8) is 0 Å². The van der Waals surface area contributed by atoms with Crippen LogP contribution in [0.4, 0.5) is 8.78 Å². The molecule has 104 valence electrons. The van der Waals surface area contributed by atoms with Gasteiger partial charge in [0, 0.05) is 11.1 Å². The van der Waals surface area contributed by atoms with Crippen LogP contribution in [0.2, 0.25) is 0 Å². The molecular weight excluding hydrogens is 258 g/mol. The average molecular weight is 274 g/mol. The van der Waals surface area contributed by atoms with Crippen LogP contribution in [0.1, 0.15) is 36.2 Å². The van der Waals surface area contributed by atoms with E-state index >= 15 is 0 Å². The Morgan fingerprint density at radius 1 is 1.00 bits per heavy atom.